The van der Waals surface area contributed by atoms with E-state index in [9.17, 15) is 4.79 Å². The molecule has 2 fully saturated rings. The van der Waals surface area contributed by atoms with Gasteiger partial charge in [-0.25, -0.2) is 4.98 Å². The molecule has 1 amide bonds. The molecule has 39 heavy (non-hydrogen) atoms. The number of aromatic nitrogens is 7. The Morgan fingerprint density at radius 1 is 1.05 bits per heavy atom. The number of carbonyl (C=O) groups is 1. The van der Waals surface area contributed by atoms with Crippen LogP contribution in [0.1, 0.15) is 60.4 Å². The lowest BCUT2D eigenvalue weighted by Gasteiger charge is -2.38. The van der Waals surface area contributed by atoms with Crippen LogP contribution in [0.25, 0.3) is 28.0 Å². The molecule has 3 N–H and O–H groups in total. The van der Waals surface area contributed by atoms with E-state index in [1.165, 1.54) is 6.33 Å². The number of H-pyrrole nitrogens is 1. The number of hydrogen-bond donors (Lipinski definition) is 2. The van der Waals surface area contributed by atoms with Gasteiger partial charge in [-0.1, -0.05) is 43.3 Å². The number of fused-ring (bicyclic) bond motifs is 3. The van der Waals surface area contributed by atoms with Crippen molar-refractivity contribution in [2.24, 2.45) is 0 Å². The molecule has 0 aliphatic carbocycles. The van der Waals surface area contributed by atoms with E-state index >= 15 is 0 Å². The molecule has 1 aromatic carbocycles. The molecule has 2 bridgehead atoms. The van der Waals surface area contributed by atoms with E-state index in [0.717, 1.165) is 71.4 Å². The Kier molecular flexibility index (Phi) is 5.61. The standard InChI is InChI=1S/C29H29N9O/c1-2-22-25(19-12-20-9-10-21(13-19)37(20)29(39)27-32-16-33-36-27)35-28-23(15-34-38(28)26(22)30)18-8-11-24(31-14-18)17-6-4-3-5-7-17/h3-8,11,14-16,19-21H,2,9-10,12-13,30H2,1H3,(H,32,33,36)/t19?,20-,21?/m1/s1. The predicted molar refractivity (Wildman–Crippen MR) is 147 cm³/mol. The van der Waals surface area contributed by atoms with Crippen molar-refractivity contribution in [2.75, 3.05) is 5.73 Å². The topological polar surface area (TPSA) is 131 Å². The molecular weight excluding hydrogens is 490 g/mol. The molecule has 5 aromatic rings. The first-order valence-electron chi connectivity index (χ1n) is 13.5. The number of aromatic amines is 1. The van der Waals surface area contributed by atoms with Crippen LogP contribution in [0.4, 0.5) is 5.82 Å². The summed E-state index contributed by atoms with van der Waals surface area (Å²) in [4.78, 5) is 27.9. The van der Waals surface area contributed by atoms with Crippen molar-refractivity contribution >= 4 is 17.4 Å². The first-order valence-corrected chi connectivity index (χ1v) is 13.5. The maximum atomic E-state index is 13.1. The number of piperidine rings is 1. The number of nitrogens with one attached hydrogen (secondary N) is 1. The van der Waals surface area contributed by atoms with Crippen molar-refractivity contribution < 1.29 is 4.79 Å². The molecule has 10 heteroatoms. The van der Waals surface area contributed by atoms with Crippen molar-refractivity contribution in [2.45, 2.75) is 57.0 Å². The summed E-state index contributed by atoms with van der Waals surface area (Å²) in [7, 11) is 0. The van der Waals surface area contributed by atoms with Crippen LogP contribution < -0.4 is 5.73 Å². The van der Waals surface area contributed by atoms with Gasteiger partial charge in [-0.3, -0.25) is 9.78 Å². The Bertz CT molecular complexity index is 1630. The highest BCUT2D eigenvalue weighted by Gasteiger charge is 2.45. The van der Waals surface area contributed by atoms with Gasteiger partial charge in [0.1, 0.15) is 12.1 Å². The number of hydrogen-bond acceptors (Lipinski definition) is 7. The lowest BCUT2D eigenvalue weighted by Crippen LogP contribution is -2.46. The maximum Gasteiger partial charge on any atom is 0.292 e. The SMILES string of the molecule is CCc1c(C2CC3CC[C@H](C2)N3C(=O)c2nnc[nH]2)nc2c(-c3ccc(-c4ccccc4)nc3)cnn2c1N. The minimum absolute atomic E-state index is 0.0679. The molecular formula is C29H29N9O. The van der Waals surface area contributed by atoms with Gasteiger partial charge in [0, 0.05) is 46.5 Å². The highest BCUT2D eigenvalue weighted by molar-refractivity contribution is 5.91. The van der Waals surface area contributed by atoms with Gasteiger partial charge in [-0.15, -0.1) is 10.2 Å². The third-order valence-corrected chi connectivity index (χ3v) is 8.29. The number of nitrogens with zero attached hydrogens (tertiary/aromatic N) is 7. The van der Waals surface area contributed by atoms with Gasteiger partial charge in [-0.2, -0.15) is 9.61 Å². The zero-order valence-electron chi connectivity index (χ0n) is 21.7. The molecule has 196 valence electrons. The Hall–Kier alpha value is -4.60. The van der Waals surface area contributed by atoms with E-state index in [1.54, 1.807) is 4.52 Å². The fourth-order valence-corrected chi connectivity index (χ4v) is 6.47. The van der Waals surface area contributed by atoms with Gasteiger partial charge < -0.3 is 15.6 Å². The number of amides is 1. The van der Waals surface area contributed by atoms with Crippen LogP contribution in [-0.2, 0) is 6.42 Å². The van der Waals surface area contributed by atoms with Gasteiger partial charge in [-0.05, 0) is 38.2 Å². The summed E-state index contributed by atoms with van der Waals surface area (Å²) in [5, 5.41) is 12.4. The molecule has 10 nitrogen and oxygen atoms in total. The predicted octanol–water partition coefficient (Wildman–Crippen LogP) is 4.27. The van der Waals surface area contributed by atoms with Crippen LogP contribution in [0.3, 0.4) is 0 Å². The number of carbonyl (C=O) groups excluding carboxylic acids is 1. The second kappa shape index (κ2) is 9.30. The zero-order chi connectivity index (χ0) is 26.5. The summed E-state index contributed by atoms with van der Waals surface area (Å²) in [6.45, 7) is 2.11. The molecule has 2 unspecified atom stereocenters. The van der Waals surface area contributed by atoms with Gasteiger partial charge in [0.2, 0.25) is 5.82 Å². The Morgan fingerprint density at radius 3 is 2.51 bits per heavy atom. The maximum absolute atomic E-state index is 13.1. The second-order valence-electron chi connectivity index (χ2n) is 10.4. The summed E-state index contributed by atoms with van der Waals surface area (Å²) in [6, 6.07) is 14.5. The van der Waals surface area contributed by atoms with E-state index < -0.39 is 0 Å². The van der Waals surface area contributed by atoms with Crippen LogP contribution in [0.15, 0.2) is 61.2 Å². The lowest BCUT2D eigenvalue weighted by atomic mass is 9.85. The van der Waals surface area contributed by atoms with Gasteiger partial charge in [0.05, 0.1) is 17.6 Å². The summed E-state index contributed by atoms with van der Waals surface area (Å²) in [5.74, 6) is 1.08. The summed E-state index contributed by atoms with van der Waals surface area (Å²) >= 11 is 0. The van der Waals surface area contributed by atoms with Gasteiger partial charge >= 0.3 is 0 Å². The smallest absolute Gasteiger partial charge is 0.292 e. The van der Waals surface area contributed by atoms with Crippen molar-refractivity contribution in [3.05, 3.63) is 78.3 Å². The molecule has 2 aliphatic rings. The van der Waals surface area contributed by atoms with Crippen LogP contribution in [-0.4, -0.2) is 57.7 Å². The average Bonchev–Trinajstić information content (AvgIpc) is 3.72. The fourth-order valence-electron chi connectivity index (χ4n) is 6.47. The molecule has 0 spiro atoms. The quantitative estimate of drug-likeness (QED) is 0.354. The molecule has 2 aliphatic heterocycles. The second-order valence-corrected chi connectivity index (χ2v) is 10.4. The first kappa shape index (κ1) is 23.5. The molecule has 0 saturated carbocycles. The monoisotopic (exact) mass is 519 g/mol. The number of nitrogen functional groups attached to an aromatic ring is 1. The van der Waals surface area contributed by atoms with Crippen LogP contribution >= 0.6 is 0 Å². The molecule has 6 heterocycles. The van der Waals surface area contributed by atoms with Crippen molar-refractivity contribution in [3.8, 4) is 22.4 Å². The summed E-state index contributed by atoms with van der Waals surface area (Å²) in [5.41, 5.74) is 13.4. The Labute approximate surface area is 225 Å². The van der Waals surface area contributed by atoms with E-state index in [1.807, 2.05) is 41.6 Å². The number of nitrogens with two attached hydrogens (primary N) is 1. The molecule has 7 rings (SSSR count). The van der Waals surface area contributed by atoms with Gasteiger partial charge in [0.25, 0.3) is 5.91 Å². The van der Waals surface area contributed by atoms with Crippen LogP contribution in [0.2, 0.25) is 0 Å². The molecule has 0 radical (unpaired) electrons. The highest BCUT2D eigenvalue weighted by Crippen LogP contribution is 2.45. The van der Waals surface area contributed by atoms with Crippen molar-refractivity contribution in [1.29, 1.82) is 0 Å². The molecule has 4 aromatic heterocycles. The highest BCUT2D eigenvalue weighted by atomic mass is 16.2. The Balaban J connectivity index is 1.24. The average molecular weight is 520 g/mol. The van der Waals surface area contributed by atoms with E-state index in [2.05, 4.69) is 45.4 Å². The van der Waals surface area contributed by atoms with E-state index in [4.69, 9.17) is 15.7 Å². The third-order valence-electron chi connectivity index (χ3n) is 8.29. The number of pyridine rings is 1. The first-order chi connectivity index (χ1) is 19.1. The number of rotatable bonds is 5. The van der Waals surface area contributed by atoms with Crippen LogP contribution in [0, 0.1) is 0 Å². The third kappa shape index (κ3) is 3.86. The van der Waals surface area contributed by atoms with Crippen LogP contribution in [0.5, 0.6) is 0 Å². The Morgan fingerprint density at radius 2 is 1.85 bits per heavy atom. The fraction of sp³-hybridized carbons (Fsp3) is 0.310. The van der Waals surface area contributed by atoms with E-state index in [-0.39, 0.29) is 23.9 Å². The number of benzene rings is 1. The largest absolute Gasteiger partial charge is 0.383 e. The van der Waals surface area contributed by atoms with Crippen molar-refractivity contribution in [1.82, 2.24) is 39.7 Å². The minimum Gasteiger partial charge on any atom is -0.383 e. The van der Waals surface area contributed by atoms with Gasteiger partial charge in [0.15, 0.2) is 5.65 Å². The zero-order valence-corrected chi connectivity index (χ0v) is 21.7. The van der Waals surface area contributed by atoms with Crippen molar-refractivity contribution in [3.63, 3.8) is 0 Å². The summed E-state index contributed by atoms with van der Waals surface area (Å²) in [6.07, 6.45) is 9.58. The van der Waals surface area contributed by atoms with E-state index in [0.29, 0.717) is 11.6 Å². The number of anilines is 1. The summed E-state index contributed by atoms with van der Waals surface area (Å²) < 4.78 is 1.75. The lowest BCUT2D eigenvalue weighted by molar-refractivity contribution is 0.0557. The normalized spacial score (nSPS) is 20.5. The molecule has 3 atom stereocenters. The minimum atomic E-state index is -0.0679. The molecule has 2 saturated heterocycles.